The second-order valence-corrected chi connectivity index (χ2v) is 6.28. The molecule has 2 aromatic heterocycles. The Morgan fingerprint density at radius 1 is 1.33 bits per heavy atom. The van der Waals surface area contributed by atoms with E-state index in [2.05, 4.69) is 41.0 Å². The number of piperidine rings is 1. The summed E-state index contributed by atoms with van der Waals surface area (Å²) in [5.41, 5.74) is 3.18. The van der Waals surface area contributed by atoms with Gasteiger partial charge in [0.25, 0.3) is 0 Å². The standard InChI is InChI=1S/C16H24N4O/c1-11-5-4-6-19(15(11)10-21)8-14-9-20-13(3)7-12(2)17-16(20)18-14/h7,9,11,15,21H,4-6,8,10H2,1-3H3. The molecule has 0 bridgehead atoms. The molecular weight excluding hydrogens is 264 g/mol. The van der Waals surface area contributed by atoms with Crippen LogP contribution in [0, 0.1) is 19.8 Å². The van der Waals surface area contributed by atoms with Gasteiger partial charge in [0.2, 0.25) is 5.78 Å². The zero-order chi connectivity index (χ0) is 15.0. The number of fused-ring (bicyclic) bond motifs is 1. The Bertz CT molecular complexity index is 636. The minimum Gasteiger partial charge on any atom is -0.395 e. The molecule has 0 aromatic carbocycles. The topological polar surface area (TPSA) is 53.7 Å². The monoisotopic (exact) mass is 288 g/mol. The van der Waals surface area contributed by atoms with Crippen LogP contribution in [0.1, 0.15) is 36.8 Å². The fourth-order valence-corrected chi connectivity index (χ4v) is 3.43. The van der Waals surface area contributed by atoms with E-state index in [1.54, 1.807) is 0 Å². The van der Waals surface area contributed by atoms with Crippen molar-refractivity contribution in [2.45, 2.75) is 46.2 Å². The van der Waals surface area contributed by atoms with Gasteiger partial charge >= 0.3 is 0 Å². The van der Waals surface area contributed by atoms with E-state index in [4.69, 9.17) is 0 Å². The van der Waals surface area contributed by atoms with Crippen molar-refractivity contribution in [3.05, 3.63) is 29.3 Å². The molecule has 1 fully saturated rings. The number of imidazole rings is 1. The number of aryl methyl sites for hydroxylation is 2. The molecule has 0 spiro atoms. The normalized spacial score (nSPS) is 23.8. The van der Waals surface area contributed by atoms with E-state index in [0.29, 0.717) is 5.92 Å². The van der Waals surface area contributed by atoms with Gasteiger partial charge in [-0.05, 0) is 45.2 Å². The first-order valence-electron chi connectivity index (χ1n) is 7.75. The van der Waals surface area contributed by atoms with Crippen LogP contribution in [-0.4, -0.2) is 43.6 Å². The predicted octanol–water partition coefficient (Wildman–Crippen LogP) is 1.94. The van der Waals surface area contributed by atoms with Gasteiger partial charge < -0.3 is 5.11 Å². The summed E-state index contributed by atoms with van der Waals surface area (Å²) in [6.07, 6.45) is 4.47. The quantitative estimate of drug-likeness (QED) is 0.938. The first-order chi connectivity index (χ1) is 10.1. The van der Waals surface area contributed by atoms with Crippen LogP contribution in [-0.2, 0) is 6.54 Å². The van der Waals surface area contributed by atoms with E-state index in [0.717, 1.165) is 35.9 Å². The lowest BCUT2D eigenvalue weighted by Crippen LogP contribution is -2.46. The number of aliphatic hydroxyl groups is 1. The molecule has 1 aliphatic rings. The molecule has 2 unspecified atom stereocenters. The van der Waals surface area contributed by atoms with Crippen LogP contribution < -0.4 is 0 Å². The molecule has 0 aliphatic carbocycles. The van der Waals surface area contributed by atoms with Crippen molar-refractivity contribution < 1.29 is 5.11 Å². The summed E-state index contributed by atoms with van der Waals surface area (Å²) >= 11 is 0. The highest BCUT2D eigenvalue weighted by Crippen LogP contribution is 2.24. The lowest BCUT2D eigenvalue weighted by atomic mass is 9.91. The molecule has 1 saturated heterocycles. The number of hydrogen-bond acceptors (Lipinski definition) is 4. The summed E-state index contributed by atoms with van der Waals surface area (Å²) in [4.78, 5) is 11.5. The molecule has 3 rings (SSSR count). The molecule has 2 aromatic rings. The van der Waals surface area contributed by atoms with Crippen molar-refractivity contribution in [2.75, 3.05) is 13.2 Å². The van der Waals surface area contributed by atoms with Crippen LogP contribution >= 0.6 is 0 Å². The molecular formula is C16H24N4O. The third-order valence-electron chi connectivity index (χ3n) is 4.59. The molecule has 3 heterocycles. The Kier molecular flexibility index (Phi) is 3.95. The van der Waals surface area contributed by atoms with Crippen LogP contribution in [0.25, 0.3) is 5.78 Å². The van der Waals surface area contributed by atoms with Crippen molar-refractivity contribution in [1.29, 1.82) is 0 Å². The number of rotatable bonds is 3. The van der Waals surface area contributed by atoms with Crippen LogP contribution in [0.4, 0.5) is 0 Å². The van der Waals surface area contributed by atoms with E-state index in [1.165, 1.54) is 12.8 Å². The van der Waals surface area contributed by atoms with E-state index in [-0.39, 0.29) is 12.6 Å². The Morgan fingerprint density at radius 2 is 2.14 bits per heavy atom. The highest BCUT2D eigenvalue weighted by molar-refractivity contribution is 5.34. The SMILES string of the molecule is Cc1cc(C)n2cc(CN3CCCC(C)C3CO)nc2n1. The van der Waals surface area contributed by atoms with E-state index in [1.807, 2.05) is 11.3 Å². The van der Waals surface area contributed by atoms with E-state index < -0.39 is 0 Å². The Balaban J connectivity index is 1.85. The smallest absolute Gasteiger partial charge is 0.234 e. The second kappa shape index (κ2) is 5.73. The van der Waals surface area contributed by atoms with Crippen LogP contribution in [0.3, 0.4) is 0 Å². The fourth-order valence-electron chi connectivity index (χ4n) is 3.43. The number of aliphatic hydroxyl groups excluding tert-OH is 1. The molecule has 0 amide bonds. The highest BCUT2D eigenvalue weighted by atomic mass is 16.3. The Labute approximate surface area is 125 Å². The molecule has 5 nitrogen and oxygen atoms in total. The van der Waals surface area contributed by atoms with Gasteiger partial charge in [0, 0.05) is 30.2 Å². The first-order valence-corrected chi connectivity index (χ1v) is 7.75. The van der Waals surface area contributed by atoms with Gasteiger partial charge in [0.1, 0.15) is 0 Å². The van der Waals surface area contributed by atoms with Gasteiger partial charge in [-0.2, -0.15) is 0 Å². The summed E-state index contributed by atoms with van der Waals surface area (Å²) in [5, 5.41) is 9.65. The van der Waals surface area contributed by atoms with Gasteiger partial charge in [0.05, 0.1) is 12.3 Å². The van der Waals surface area contributed by atoms with Gasteiger partial charge in [-0.3, -0.25) is 9.30 Å². The summed E-state index contributed by atoms with van der Waals surface area (Å²) in [5.74, 6) is 1.32. The zero-order valence-corrected chi connectivity index (χ0v) is 13.1. The third kappa shape index (κ3) is 2.80. The van der Waals surface area contributed by atoms with Gasteiger partial charge in [-0.15, -0.1) is 0 Å². The Morgan fingerprint density at radius 3 is 2.90 bits per heavy atom. The van der Waals surface area contributed by atoms with Crippen LogP contribution in [0.2, 0.25) is 0 Å². The molecule has 5 heteroatoms. The van der Waals surface area contributed by atoms with Crippen molar-refractivity contribution in [3.63, 3.8) is 0 Å². The summed E-state index contributed by atoms with van der Waals surface area (Å²) in [6, 6.07) is 2.32. The number of aromatic nitrogens is 3. The maximum absolute atomic E-state index is 9.65. The minimum atomic E-state index is 0.227. The van der Waals surface area contributed by atoms with Crippen LogP contribution in [0.5, 0.6) is 0 Å². The molecule has 21 heavy (non-hydrogen) atoms. The van der Waals surface area contributed by atoms with Crippen molar-refractivity contribution in [1.82, 2.24) is 19.3 Å². The maximum Gasteiger partial charge on any atom is 0.234 e. The van der Waals surface area contributed by atoms with Crippen molar-refractivity contribution in [3.8, 4) is 0 Å². The largest absolute Gasteiger partial charge is 0.395 e. The molecule has 2 atom stereocenters. The van der Waals surface area contributed by atoms with Gasteiger partial charge in [-0.1, -0.05) is 6.92 Å². The second-order valence-electron chi connectivity index (χ2n) is 6.28. The van der Waals surface area contributed by atoms with Crippen LogP contribution in [0.15, 0.2) is 12.3 Å². The zero-order valence-electron chi connectivity index (χ0n) is 13.1. The lowest BCUT2D eigenvalue weighted by molar-refractivity contribution is 0.0465. The maximum atomic E-state index is 9.65. The molecule has 0 saturated carbocycles. The third-order valence-corrected chi connectivity index (χ3v) is 4.59. The fraction of sp³-hybridized carbons (Fsp3) is 0.625. The molecule has 114 valence electrons. The minimum absolute atomic E-state index is 0.227. The first kappa shape index (κ1) is 14.5. The number of hydrogen-bond donors (Lipinski definition) is 1. The summed E-state index contributed by atoms with van der Waals surface area (Å²) in [7, 11) is 0. The lowest BCUT2D eigenvalue weighted by Gasteiger charge is -2.38. The predicted molar refractivity (Wildman–Crippen MR) is 82.1 cm³/mol. The Hall–Kier alpha value is -1.46. The summed E-state index contributed by atoms with van der Waals surface area (Å²) in [6.45, 7) is 8.35. The number of nitrogens with zero attached hydrogens (tertiary/aromatic N) is 4. The average molecular weight is 288 g/mol. The molecule has 1 N–H and O–H groups in total. The highest BCUT2D eigenvalue weighted by Gasteiger charge is 2.28. The van der Waals surface area contributed by atoms with Crippen molar-refractivity contribution in [2.24, 2.45) is 5.92 Å². The van der Waals surface area contributed by atoms with Gasteiger partial charge in [0.15, 0.2) is 0 Å². The van der Waals surface area contributed by atoms with E-state index in [9.17, 15) is 5.11 Å². The summed E-state index contributed by atoms with van der Waals surface area (Å²) < 4.78 is 2.05. The molecule has 1 aliphatic heterocycles. The molecule has 0 radical (unpaired) electrons. The van der Waals surface area contributed by atoms with E-state index >= 15 is 0 Å². The van der Waals surface area contributed by atoms with Gasteiger partial charge in [-0.25, -0.2) is 9.97 Å². The number of likely N-dealkylation sites (tertiary alicyclic amines) is 1. The van der Waals surface area contributed by atoms with Crippen molar-refractivity contribution >= 4 is 5.78 Å². The average Bonchev–Trinajstić information content (AvgIpc) is 2.82.